The summed E-state index contributed by atoms with van der Waals surface area (Å²) in [4.78, 5) is 28.8. The van der Waals surface area contributed by atoms with Gasteiger partial charge < -0.3 is 24.7 Å². The van der Waals surface area contributed by atoms with Crippen molar-refractivity contribution in [1.82, 2.24) is 9.47 Å². The lowest BCUT2D eigenvalue weighted by Gasteiger charge is -2.34. The second-order valence-electron chi connectivity index (χ2n) is 10.8. The van der Waals surface area contributed by atoms with Gasteiger partial charge in [-0.3, -0.25) is 9.69 Å². The van der Waals surface area contributed by atoms with E-state index in [0.29, 0.717) is 31.9 Å². The highest BCUT2D eigenvalue weighted by Crippen LogP contribution is 2.36. The topological polar surface area (TPSA) is 90.0 Å². The molecule has 2 atom stereocenters. The molecule has 8 nitrogen and oxygen atoms in total. The predicted molar refractivity (Wildman–Crippen MR) is 153 cm³/mol. The Hall–Kier alpha value is -3.36. The molecule has 0 unspecified atom stereocenters. The summed E-state index contributed by atoms with van der Waals surface area (Å²) in [5.74, 6) is 0.432. The summed E-state index contributed by atoms with van der Waals surface area (Å²) in [5.41, 5.74) is 12.3. The standard InChI is InChI=1S/C31H40N4O4/c1-22-27-8-3-4-9-28(27)35(15-6-17-38-2)30(22)24-7-5-14-33(21-24)29(36)20-25(32)19-23-10-12-26(13-11-23)34-16-18-39-31(34)37/h3-4,8-13,24-25H,5-7,14-21,32H2,1-2H3/t24-,25+/m0/s1. The maximum absolute atomic E-state index is 13.4. The summed E-state index contributed by atoms with van der Waals surface area (Å²) in [6.07, 6.45) is 3.65. The fraction of sp³-hybridized carbons (Fsp3) is 0.484. The van der Waals surface area contributed by atoms with E-state index in [9.17, 15) is 9.59 Å². The number of hydrogen-bond donors (Lipinski definition) is 1. The number of aryl methyl sites for hydroxylation is 2. The van der Waals surface area contributed by atoms with E-state index in [4.69, 9.17) is 15.2 Å². The first-order valence-corrected chi connectivity index (χ1v) is 14.1. The fourth-order valence-corrected chi connectivity index (χ4v) is 6.23. The molecule has 5 rings (SSSR count). The number of hydrogen-bond acceptors (Lipinski definition) is 5. The number of amides is 2. The van der Waals surface area contributed by atoms with Crippen molar-refractivity contribution in [2.24, 2.45) is 5.73 Å². The van der Waals surface area contributed by atoms with Crippen LogP contribution in [0.5, 0.6) is 0 Å². The van der Waals surface area contributed by atoms with Gasteiger partial charge in [-0.05, 0) is 61.9 Å². The van der Waals surface area contributed by atoms with Crippen LogP contribution in [0.15, 0.2) is 48.5 Å². The zero-order valence-corrected chi connectivity index (χ0v) is 23.1. The molecule has 2 aromatic carbocycles. The summed E-state index contributed by atoms with van der Waals surface area (Å²) in [5, 5.41) is 1.29. The van der Waals surface area contributed by atoms with Crippen LogP contribution in [0.4, 0.5) is 10.5 Å². The van der Waals surface area contributed by atoms with E-state index in [1.807, 2.05) is 29.2 Å². The number of aromatic nitrogens is 1. The van der Waals surface area contributed by atoms with Crippen LogP contribution < -0.4 is 10.6 Å². The molecular formula is C31H40N4O4. The molecule has 2 aliphatic heterocycles. The first-order chi connectivity index (χ1) is 19.0. The van der Waals surface area contributed by atoms with Gasteiger partial charge in [-0.25, -0.2) is 4.79 Å². The Morgan fingerprint density at radius 3 is 2.69 bits per heavy atom. The summed E-state index contributed by atoms with van der Waals surface area (Å²) in [6.45, 7) is 6.35. The number of benzene rings is 2. The van der Waals surface area contributed by atoms with E-state index >= 15 is 0 Å². The minimum Gasteiger partial charge on any atom is -0.447 e. The Labute approximate surface area is 230 Å². The van der Waals surface area contributed by atoms with E-state index in [1.54, 1.807) is 12.0 Å². The van der Waals surface area contributed by atoms with Gasteiger partial charge in [-0.2, -0.15) is 0 Å². The smallest absolute Gasteiger partial charge is 0.414 e. The highest BCUT2D eigenvalue weighted by Gasteiger charge is 2.30. The molecule has 2 saturated heterocycles. The van der Waals surface area contributed by atoms with Crippen molar-refractivity contribution in [1.29, 1.82) is 0 Å². The molecule has 2 fully saturated rings. The summed E-state index contributed by atoms with van der Waals surface area (Å²) >= 11 is 0. The zero-order chi connectivity index (χ0) is 27.4. The molecule has 1 aromatic heterocycles. The van der Waals surface area contributed by atoms with Gasteiger partial charge in [0.1, 0.15) is 6.61 Å². The number of piperidine rings is 1. The monoisotopic (exact) mass is 532 g/mol. The van der Waals surface area contributed by atoms with Gasteiger partial charge >= 0.3 is 6.09 Å². The van der Waals surface area contributed by atoms with E-state index in [-0.39, 0.29) is 18.0 Å². The Morgan fingerprint density at radius 2 is 1.95 bits per heavy atom. The van der Waals surface area contributed by atoms with Crippen LogP contribution in [-0.2, 0) is 27.2 Å². The van der Waals surface area contributed by atoms with Crippen molar-refractivity contribution in [3.05, 3.63) is 65.4 Å². The lowest BCUT2D eigenvalue weighted by atomic mass is 9.91. The molecule has 8 heteroatoms. The molecule has 0 bridgehead atoms. The van der Waals surface area contributed by atoms with E-state index in [2.05, 4.69) is 35.8 Å². The van der Waals surface area contributed by atoms with Crippen LogP contribution in [0, 0.1) is 6.92 Å². The highest BCUT2D eigenvalue weighted by molar-refractivity contribution is 5.89. The number of rotatable bonds is 10. The molecule has 0 spiro atoms. The van der Waals surface area contributed by atoms with Gasteiger partial charge in [0.15, 0.2) is 0 Å². The quantitative estimate of drug-likeness (QED) is 0.385. The number of carbonyl (C=O) groups excluding carboxylic acids is 2. The number of cyclic esters (lactones) is 1. The minimum atomic E-state index is -0.310. The maximum atomic E-state index is 13.4. The average molecular weight is 533 g/mol. The first-order valence-electron chi connectivity index (χ1n) is 14.1. The third-order valence-electron chi connectivity index (χ3n) is 8.11. The number of methoxy groups -OCH3 is 1. The molecule has 0 radical (unpaired) electrons. The van der Waals surface area contributed by atoms with Gasteiger partial charge in [0.05, 0.1) is 6.54 Å². The van der Waals surface area contributed by atoms with Crippen molar-refractivity contribution in [3.63, 3.8) is 0 Å². The maximum Gasteiger partial charge on any atom is 0.414 e. The average Bonchev–Trinajstić information content (AvgIpc) is 3.50. The molecule has 0 saturated carbocycles. The number of nitrogens with zero attached hydrogens (tertiary/aromatic N) is 3. The summed E-state index contributed by atoms with van der Waals surface area (Å²) < 4.78 is 12.8. The van der Waals surface area contributed by atoms with Crippen molar-refractivity contribution in [2.75, 3.05) is 44.9 Å². The van der Waals surface area contributed by atoms with E-state index in [1.165, 1.54) is 22.2 Å². The van der Waals surface area contributed by atoms with Crippen LogP contribution in [0.2, 0.25) is 0 Å². The second kappa shape index (κ2) is 12.2. The van der Waals surface area contributed by atoms with Crippen LogP contribution in [-0.4, -0.2) is 67.5 Å². The fourth-order valence-electron chi connectivity index (χ4n) is 6.23. The predicted octanol–water partition coefficient (Wildman–Crippen LogP) is 4.61. The van der Waals surface area contributed by atoms with E-state index in [0.717, 1.165) is 56.8 Å². The molecule has 3 heterocycles. The van der Waals surface area contributed by atoms with Crippen molar-refractivity contribution in [2.45, 2.75) is 57.5 Å². The second-order valence-corrected chi connectivity index (χ2v) is 10.8. The highest BCUT2D eigenvalue weighted by atomic mass is 16.6. The summed E-state index contributed by atoms with van der Waals surface area (Å²) in [7, 11) is 1.75. The molecule has 3 aromatic rings. The third kappa shape index (κ3) is 5.97. The van der Waals surface area contributed by atoms with Gasteiger partial charge in [0, 0.05) is 74.0 Å². The molecule has 2 aliphatic rings. The third-order valence-corrected chi connectivity index (χ3v) is 8.11. The van der Waals surface area contributed by atoms with Gasteiger partial charge in [-0.1, -0.05) is 30.3 Å². The lowest BCUT2D eigenvalue weighted by Crippen LogP contribution is -2.42. The Balaban J connectivity index is 1.23. The van der Waals surface area contributed by atoms with Gasteiger partial charge in [0.25, 0.3) is 0 Å². The molecule has 2 amide bonds. The van der Waals surface area contributed by atoms with Gasteiger partial charge in [0.2, 0.25) is 5.91 Å². The SMILES string of the molecule is COCCCn1c([C@H]2CCCN(C(=O)C[C@H](N)Cc3ccc(N4CCOC4=O)cc3)C2)c(C)c2ccccc21. The molecule has 39 heavy (non-hydrogen) atoms. The van der Waals surface area contributed by atoms with Crippen LogP contribution in [0.1, 0.15) is 48.4 Å². The lowest BCUT2D eigenvalue weighted by molar-refractivity contribution is -0.132. The van der Waals surface area contributed by atoms with Crippen LogP contribution in [0.3, 0.4) is 0 Å². The Morgan fingerprint density at radius 1 is 1.15 bits per heavy atom. The van der Waals surface area contributed by atoms with E-state index < -0.39 is 0 Å². The minimum absolute atomic E-state index is 0.128. The number of fused-ring (bicyclic) bond motifs is 1. The largest absolute Gasteiger partial charge is 0.447 e. The Kier molecular flexibility index (Phi) is 8.53. The number of para-hydroxylation sites is 1. The van der Waals surface area contributed by atoms with Gasteiger partial charge in [-0.15, -0.1) is 0 Å². The normalized spacial score (nSPS) is 18.5. The zero-order valence-electron chi connectivity index (χ0n) is 23.1. The number of likely N-dealkylation sites (tertiary alicyclic amines) is 1. The van der Waals surface area contributed by atoms with Crippen molar-refractivity contribution >= 4 is 28.6 Å². The van der Waals surface area contributed by atoms with Crippen LogP contribution in [0.25, 0.3) is 10.9 Å². The molecular weight excluding hydrogens is 492 g/mol. The number of nitrogens with two attached hydrogens (primary N) is 1. The number of anilines is 1. The molecule has 0 aliphatic carbocycles. The van der Waals surface area contributed by atoms with Crippen LogP contribution >= 0.6 is 0 Å². The van der Waals surface area contributed by atoms with Crippen molar-refractivity contribution in [3.8, 4) is 0 Å². The molecule has 208 valence electrons. The summed E-state index contributed by atoms with van der Waals surface area (Å²) in [6, 6.07) is 16.1. The first kappa shape index (κ1) is 27.2. The Bertz CT molecular complexity index is 1300. The van der Waals surface area contributed by atoms with Crippen molar-refractivity contribution < 1.29 is 19.1 Å². The number of carbonyl (C=O) groups is 2. The molecule has 2 N–H and O–H groups in total. The number of ether oxygens (including phenoxy) is 2.